The third-order valence-corrected chi connectivity index (χ3v) is 3.82. The summed E-state index contributed by atoms with van der Waals surface area (Å²) in [6.07, 6.45) is -1.63. The lowest BCUT2D eigenvalue weighted by Gasteiger charge is -2.17. The molecule has 2 heterocycles. The summed E-state index contributed by atoms with van der Waals surface area (Å²) in [7, 11) is 0. The van der Waals surface area contributed by atoms with E-state index in [0.29, 0.717) is 5.69 Å². The third kappa shape index (κ3) is 3.18. The number of benzene rings is 1. The smallest absolute Gasteiger partial charge is 0.414 e. The molecule has 0 bridgehead atoms. The van der Waals surface area contributed by atoms with Crippen LogP contribution < -0.4 is 20.9 Å². The molecule has 2 saturated heterocycles. The number of rotatable bonds is 4. The summed E-state index contributed by atoms with van der Waals surface area (Å²) in [5, 5.41) is 2.82. The van der Waals surface area contributed by atoms with Crippen LogP contribution in [0.3, 0.4) is 0 Å². The predicted octanol–water partition coefficient (Wildman–Crippen LogP) is 0.941. The number of cyclic esters (lactones) is 2. The number of carbonyl (C=O) groups excluding carboxylic acids is 2. The van der Waals surface area contributed by atoms with Crippen LogP contribution >= 0.6 is 12.2 Å². The second-order valence-electron chi connectivity index (χ2n) is 5.26. The van der Waals surface area contributed by atoms with Crippen molar-refractivity contribution in [3.05, 3.63) is 24.0 Å². The largest absolute Gasteiger partial charge is 0.447 e. The standard InChI is InChI=1S/C14H15FN4O4S/c15-10-5-8(1-2-11(10)18-3-4-22-13(18)20)19-7-9(23-14(19)21)6-17-12(16)24/h1-2,5,9H,3-4,6-7H2,(H3,16,17,24). The molecule has 3 N–H and O–H groups in total. The Morgan fingerprint density at radius 3 is 2.79 bits per heavy atom. The van der Waals surface area contributed by atoms with E-state index in [1.165, 1.54) is 21.9 Å². The Bertz CT molecular complexity index is 701. The van der Waals surface area contributed by atoms with Gasteiger partial charge >= 0.3 is 12.2 Å². The molecule has 8 nitrogen and oxygen atoms in total. The Balaban J connectivity index is 1.73. The van der Waals surface area contributed by atoms with Crippen molar-refractivity contribution < 1.29 is 23.5 Å². The highest BCUT2D eigenvalue weighted by Gasteiger charge is 2.33. The van der Waals surface area contributed by atoms with Crippen LogP contribution in [-0.4, -0.2) is 49.6 Å². The highest BCUT2D eigenvalue weighted by molar-refractivity contribution is 7.80. The lowest BCUT2D eigenvalue weighted by Crippen LogP contribution is -2.37. The second kappa shape index (κ2) is 6.48. The fourth-order valence-electron chi connectivity index (χ4n) is 2.55. The molecule has 1 aromatic carbocycles. The molecule has 1 atom stereocenters. The Labute approximate surface area is 142 Å². The lowest BCUT2D eigenvalue weighted by molar-refractivity contribution is 0.143. The van der Waals surface area contributed by atoms with E-state index in [2.05, 4.69) is 5.32 Å². The molecule has 2 amide bonds. The average Bonchev–Trinajstić information content (AvgIpc) is 3.11. The van der Waals surface area contributed by atoms with Gasteiger partial charge in [-0.25, -0.2) is 14.0 Å². The summed E-state index contributed by atoms with van der Waals surface area (Å²) < 4.78 is 24.3. The van der Waals surface area contributed by atoms with Crippen LogP contribution in [-0.2, 0) is 9.47 Å². The minimum atomic E-state index is -0.621. The van der Waals surface area contributed by atoms with Gasteiger partial charge < -0.3 is 20.5 Å². The van der Waals surface area contributed by atoms with Gasteiger partial charge in [-0.15, -0.1) is 0 Å². The van der Waals surface area contributed by atoms with Gasteiger partial charge in [0.25, 0.3) is 0 Å². The number of hydrogen-bond donors (Lipinski definition) is 2. The number of amides is 2. The molecule has 3 rings (SSSR count). The summed E-state index contributed by atoms with van der Waals surface area (Å²) in [6, 6.07) is 4.17. The molecule has 24 heavy (non-hydrogen) atoms. The van der Waals surface area contributed by atoms with Crippen LogP contribution in [0.25, 0.3) is 0 Å². The summed E-state index contributed by atoms with van der Waals surface area (Å²) in [4.78, 5) is 26.0. The Kier molecular flexibility index (Phi) is 4.38. The molecular formula is C14H15FN4O4S. The predicted molar refractivity (Wildman–Crippen MR) is 87.5 cm³/mol. The minimum absolute atomic E-state index is 0.109. The number of nitrogens with zero attached hydrogens (tertiary/aromatic N) is 2. The fraction of sp³-hybridized carbons (Fsp3) is 0.357. The van der Waals surface area contributed by atoms with Gasteiger partial charge in [-0.2, -0.15) is 0 Å². The number of nitrogens with two attached hydrogens (primary N) is 1. The molecule has 0 aromatic heterocycles. The van der Waals surface area contributed by atoms with Gasteiger partial charge in [-0.3, -0.25) is 9.80 Å². The van der Waals surface area contributed by atoms with E-state index in [9.17, 15) is 14.0 Å². The molecule has 0 spiro atoms. The normalized spacial score (nSPS) is 20.1. The molecule has 0 aliphatic carbocycles. The number of carbonyl (C=O) groups is 2. The minimum Gasteiger partial charge on any atom is -0.447 e. The first-order valence-corrected chi connectivity index (χ1v) is 7.62. The first-order chi connectivity index (χ1) is 11.5. The zero-order chi connectivity index (χ0) is 17.3. The zero-order valence-electron chi connectivity index (χ0n) is 12.5. The number of anilines is 2. The second-order valence-corrected chi connectivity index (χ2v) is 5.70. The van der Waals surface area contributed by atoms with Gasteiger partial charge in [0.05, 0.1) is 31.0 Å². The molecule has 2 fully saturated rings. The molecular weight excluding hydrogens is 339 g/mol. The summed E-state index contributed by atoms with van der Waals surface area (Å²) in [5.74, 6) is -0.621. The summed E-state index contributed by atoms with van der Waals surface area (Å²) >= 11 is 4.70. The quantitative estimate of drug-likeness (QED) is 0.777. The molecule has 1 aromatic rings. The van der Waals surface area contributed by atoms with Crippen molar-refractivity contribution in [2.24, 2.45) is 5.73 Å². The fourth-order valence-corrected chi connectivity index (χ4v) is 2.63. The lowest BCUT2D eigenvalue weighted by atomic mass is 10.2. The Morgan fingerprint density at radius 1 is 1.38 bits per heavy atom. The van der Waals surface area contributed by atoms with Crippen LogP contribution in [0, 0.1) is 5.82 Å². The monoisotopic (exact) mass is 354 g/mol. The SMILES string of the molecule is NC(=S)NCC1CN(c2ccc(N3CCOC3=O)c(F)c2)C(=O)O1. The molecule has 2 aliphatic heterocycles. The van der Waals surface area contributed by atoms with Crippen molar-refractivity contribution >= 4 is 40.9 Å². The topological polar surface area (TPSA) is 97.1 Å². The number of hydrogen-bond acceptors (Lipinski definition) is 5. The van der Waals surface area contributed by atoms with Gasteiger partial charge in [0, 0.05) is 0 Å². The Morgan fingerprint density at radius 2 is 2.17 bits per heavy atom. The van der Waals surface area contributed by atoms with Crippen molar-refractivity contribution in [2.45, 2.75) is 6.10 Å². The first-order valence-electron chi connectivity index (χ1n) is 7.21. The van der Waals surface area contributed by atoms with E-state index in [0.717, 1.165) is 0 Å². The van der Waals surface area contributed by atoms with E-state index in [1.807, 2.05) is 0 Å². The van der Waals surface area contributed by atoms with E-state index in [1.54, 1.807) is 6.07 Å². The third-order valence-electron chi connectivity index (χ3n) is 3.67. The van der Waals surface area contributed by atoms with Crippen molar-refractivity contribution in [3.63, 3.8) is 0 Å². The van der Waals surface area contributed by atoms with Crippen molar-refractivity contribution in [3.8, 4) is 0 Å². The zero-order valence-corrected chi connectivity index (χ0v) is 13.3. The van der Waals surface area contributed by atoms with Crippen LogP contribution in [0.1, 0.15) is 0 Å². The average molecular weight is 354 g/mol. The van der Waals surface area contributed by atoms with Crippen LogP contribution in [0.4, 0.5) is 25.4 Å². The molecule has 0 radical (unpaired) electrons. The molecule has 2 aliphatic rings. The van der Waals surface area contributed by atoms with E-state index in [4.69, 9.17) is 27.4 Å². The van der Waals surface area contributed by atoms with Crippen LogP contribution in [0.5, 0.6) is 0 Å². The van der Waals surface area contributed by atoms with E-state index in [-0.39, 0.29) is 37.0 Å². The van der Waals surface area contributed by atoms with Gasteiger partial charge in [-0.1, -0.05) is 0 Å². The first kappa shape index (κ1) is 16.2. The van der Waals surface area contributed by atoms with Crippen LogP contribution in [0.15, 0.2) is 18.2 Å². The maximum absolute atomic E-state index is 14.3. The maximum atomic E-state index is 14.3. The number of nitrogens with one attached hydrogen (secondary N) is 1. The Hall–Kier alpha value is -2.62. The molecule has 10 heteroatoms. The van der Waals surface area contributed by atoms with Gasteiger partial charge in [0.2, 0.25) is 0 Å². The van der Waals surface area contributed by atoms with Crippen molar-refractivity contribution in [1.29, 1.82) is 0 Å². The summed E-state index contributed by atoms with van der Waals surface area (Å²) in [5.41, 5.74) is 5.78. The number of halogens is 1. The maximum Gasteiger partial charge on any atom is 0.414 e. The van der Waals surface area contributed by atoms with Gasteiger partial charge in [0.15, 0.2) is 5.11 Å². The number of ether oxygens (including phenoxy) is 2. The van der Waals surface area contributed by atoms with E-state index < -0.39 is 24.1 Å². The highest BCUT2D eigenvalue weighted by atomic mass is 32.1. The van der Waals surface area contributed by atoms with E-state index >= 15 is 0 Å². The number of thiocarbonyl (C=S) groups is 1. The summed E-state index contributed by atoms with van der Waals surface area (Å²) in [6.45, 7) is 1.01. The molecule has 0 saturated carbocycles. The van der Waals surface area contributed by atoms with Crippen LogP contribution in [0.2, 0.25) is 0 Å². The molecule has 1 unspecified atom stereocenters. The van der Waals surface area contributed by atoms with Crippen molar-refractivity contribution in [1.82, 2.24) is 5.32 Å². The van der Waals surface area contributed by atoms with Gasteiger partial charge in [-0.05, 0) is 30.4 Å². The van der Waals surface area contributed by atoms with Crippen molar-refractivity contribution in [2.75, 3.05) is 36.0 Å². The van der Waals surface area contributed by atoms with Gasteiger partial charge in [0.1, 0.15) is 18.5 Å². The highest BCUT2D eigenvalue weighted by Crippen LogP contribution is 2.29. The molecule has 128 valence electrons.